The van der Waals surface area contributed by atoms with Gasteiger partial charge in [0.25, 0.3) is 0 Å². The Bertz CT molecular complexity index is 1010. The summed E-state index contributed by atoms with van der Waals surface area (Å²) in [6.07, 6.45) is -0.293. The Kier molecular flexibility index (Phi) is 4.12. The van der Waals surface area contributed by atoms with Gasteiger partial charge in [0.1, 0.15) is 18.8 Å². The van der Waals surface area contributed by atoms with Crippen LogP contribution < -0.4 is 20.5 Å². The fourth-order valence-electron chi connectivity index (χ4n) is 2.99. The van der Waals surface area contributed by atoms with Gasteiger partial charge in [-0.15, -0.1) is 0 Å². The van der Waals surface area contributed by atoms with E-state index in [9.17, 15) is 9.59 Å². The van der Waals surface area contributed by atoms with Crippen molar-refractivity contribution in [1.82, 2.24) is 9.88 Å². The van der Waals surface area contributed by atoms with Gasteiger partial charge in [0.2, 0.25) is 5.91 Å². The molecule has 4 rings (SSSR count). The highest BCUT2D eigenvalue weighted by atomic mass is 16.6. The van der Waals surface area contributed by atoms with Crippen molar-refractivity contribution in [2.75, 3.05) is 13.2 Å². The van der Waals surface area contributed by atoms with E-state index in [2.05, 4.69) is 5.32 Å². The van der Waals surface area contributed by atoms with Crippen LogP contribution in [0.25, 0.3) is 11.1 Å². The molecule has 1 aliphatic heterocycles. The van der Waals surface area contributed by atoms with E-state index in [0.717, 1.165) is 0 Å². The Morgan fingerprint density at radius 3 is 2.77 bits per heavy atom. The number of ether oxygens (including phenoxy) is 2. The van der Waals surface area contributed by atoms with E-state index in [1.807, 2.05) is 24.3 Å². The molecular weight excluding hydrogens is 336 g/mol. The quantitative estimate of drug-likeness (QED) is 0.776. The van der Waals surface area contributed by atoms with Crippen LogP contribution in [0, 0.1) is 0 Å². The number of amides is 1. The van der Waals surface area contributed by atoms with Crippen LogP contribution in [0.5, 0.6) is 11.5 Å². The van der Waals surface area contributed by atoms with Gasteiger partial charge in [0.05, 0.1) is 12.1 Å². The minimum Gasteiger partial charge on any atom is -0.486 e. The van der Waals surface area contributed by atoms with Crippen molar-refractivity contribution >= 4 is 17.0 Å². The predicted octanol–water partition coefficient (Wildman–Crippen LogP) is 2.11. The fourth-order valence-corrected chi connectivity index (χ4v) is 2.99. The van der Waals surface area contributed by atoms with Crippen LogP contribution in [0.3, 0.4) is 0 Å². The number of carbonyl (C=O) groups excluding carboxylic acids is 1. The molecule has 3 aromatic rings. The molecule has 1 N–H and O–H groups in total. The van der Waals surface area contributed by atoms with E-state index in [1.54, 1.807) is 31.2 Å². The second-order valence-electron chi connectivity index (χ2n) is 6.12. The molecule has 0 aliphatic carbocycles. The fraction of sp³-hybridized carbons (Fsp3) is 0.263. The number of fused-ring (bicyclic) bond motifs is 2. The van der Waals surface area contributed by atoms with Gasteiger partial charge in [-0.2, -0.15) is 0 Å². The third-order valence-electron chi connectivity index (χ3n) is 4.36. The second-order valence-corrected chi connectivity index (χ2v) is 6.12. The van der Waals surface area contributed by atoms with Crippen LogP contribution in [0.4, 0.5) is 0 Å². The summed E-state index contributed by atoms with van der Waals surface area (Å²) in [5.41, 5.74) is 1.05. The Hall–Kier alpha value is -3.22. The molecule has 7 heteroatoms. The summed E-state index contributed by atoms with van der Waals surface area (Å²) in [4.78, 5) is 24.6. The zero-order valence-electron chi connectivity index (χ0n) is 14.2. The molecule has 0 radical (unpaired) electrons. The number of hydrogen-bond donors (Lipinski definition) is 1. The van der Waals surface area contributed by atoms with Gasteiger partial charge in [0, 0.05) is 0 Å². The van der Waals surface area contributed by atoms with Gasteiger partial charge in [-0.25, -0.2) is 4.79 Å². The van der Waals surface area contributed by atoms with Crippen LogP contribution in [0.1, 0.15) is 13.0 Å². The van der Waals surface area contributed by atoms with Gasteiger partial charge in [-0.3, -0.25) is 9.36 Å². The topological polar surface area (TPSA) is 82.7 Å². The van der Waals surface area contributed by atoms with Crippen molar-refractivity contribution in [2.45, 2.75) is 19.1 Å². The van der Waals surface area contributed by atoms with Gasteiger partial charge in [-0.1, -0.05) is 24.3 Å². The minimum absolute atomic E-state index is 0.280. The maximum Gasteiger partial charge on any atom is 0.420 e. The average Bonchev–Trinajstić information content (AvgIpc) is 3.01. The lowest BCUT2D eigenvalue weighted by atomic mass is 10.2. The molecule has 134 valence electrons. The van der Waals surface area contributed by atoms with Gasteiger partial charge < -0.3 is 19.2 Å². The van der Waals surface area contributed by atoms with Gasteiger partial charge >= 0.3 is 5.76 Å². The van der Waals surface area contributed by atoms with Crippen LogP contribution in [0.15, 0.2) is 57.7 Å². The number of nitrogens with zero attached hydrogens (tertiary/aromatic N) is 1. The number of rotatable bonds is 4. The Balaban J connectivity index is 1.44. The Morgan fingerprint density at radius 2 is 1.92 bits per heavy atom. The number of nitrogens with one attached hydrogen (secondary N) is 1. The highest BCUT2D eigenvalue weighted by Crippen LogP contribution is 2.30. The predicted molar refractivity (Wildman–Crippen MR) is 94.5 cm³/mol. The zero-order valence-corrected chi connectivity index (χ0v) is 14.2. The number of aromatic nitrogens is 1. The highest BCUT2D eigenvalue weighted by molar-refractivity contribution is 5.82. The first-order valence-corrected chi connectivity index (χ1v) is 8.40. The lowest BCUT2D eigenvalue weighted by Gasteiger charge is -2.27. The van der Waals surface area contributed by atoms with Crippen molar-refractivity contribution in [3.63, 3.8) is 0 Å². The summed E-state index contributed by atoms with van der Waals surface area (Å²) in [6.45, 7) is 2.29. The zero-order chi connectivity index (χ0) is 18.1. The van der Waals surface area contributed by atoms with E-state index < -0.39 is 11.8 Å². The summed E-state index contributed by atoms with van der Waals surface area (Å²) >= 11 is 0. The molecule has 2 unspecified atom stereocenters. The molecule has 0 fully saturated rings. The molecule has 0 saturated heterocycles. The van der Waals surface area contributed by atoms with E-state index in [0.29, 0.717) is 29.2 Å². The standard InChI is InChI=1S/C19H18N2O5/c1-12(21-14-6-2-3-7-15(14)26-19(21)23)18(22)20-10-13-11-24-16-8-4-5-9-17(16)25-13/h2-9,12-13H,10-11H2,1H3,(H,20,22). The van der Waals surface area contributed by atoms with Crippen LogP contribution >= 0.6 is 0 Å². The van der Waals surface area contributed by atoms with Crippen molar-refractivity contribution < 1.29 is 18.7 Å². The molecule has 0 spiro atoms. The molecule has 1 aromatic heterocycles. The van der Waals surface area contributed by atoms with Crippen molar-refractivity contribution in [3.8, 4) is 11.5 Å². The first-order valence-electron chi connectivity index (χ1n) is 8.40. The lowest BCUT2D eigenvalue weighted by Crippen LogP contribution is -2.43. The Morgan fingerprint density at radius 1 is 1.19 bits per heavy atom. The summed E-state index contributed by atoms with van der Waals surface area (Å²) in [6, 6.07) is 13.7. The summed E-state index contributed by atoms with van der Waals surface area (Å²) in [7, 11) is 0. The van der Waals surface area contributed by atoms with Gasteiger partial charge in [0.15, 0.2) is 17.1 Å². The number of hydrogen-bond acceptors (Lipinski definition) is 5. The second kappa shape index (κ2) is 6.59. The van der Waals surface area contributed by atoms with Gasteiger partial charge in [-0.05, 0) is 31.2 Å². The third kappa shape index (κ3) is 2.92. The molecule has 0 bridgehead atoms. The smallest absolute Gasteiger partial charge is 0.420 e. The molecule has 2 heterocycles. The van der Waals surface area contributed by atoms with Crippen molar-refractivity contribution in [2.24, 2.45) is 0 Å². The maximum absolute atomic E-state index is 12.5. The van der Waals surface area contributed by atoms with Crippen LogP contribution in [-0.2, 0) is 4.79 Å². The first kappa shape index (κ1) is 16.3. The average molecular weight is 354 g/mol. The molecular formula is C19H18N2O5. The third-order valence-corrected chi connectivity index (χ3v) is 4.36. The monoisotopic (exact) mass is 354 g/mol. The van der Waals surface area contributed by atoms with Crippen LogP contribution in [0.2, 0.25) is 0 Å². The molecule has 7 nitrogen and oxygen atoms in total. The molecule has 26 heavy (non-hydrogen) atoms. The number of benzene rings is 2. The molecule has 1 amide bonds. The van der Waals surface area contributed by atoms with E-state index in [1.165, 1.54) is 4.57 Å². The minimum atomic E-state index is -0.706. The normalized spacial score (nSPS) is 17.0. The molecule has 0 saturated carbocycles. The van der Waals surface area contributed by atoms with E-state index >= 15 is 0 Å². The number of oxazole rings is 1. The Labute approximate surface area is 149 Å². The molecule has 2 aromatic carbocycles. The van der Waals surface area contributed by atoms with Crippen molar-refractivity contribution in [1.29, 1.82) is 0 Å². The lowest BCUT2D eigenvalue weighted by molar-refractivity contribution is -0.124. The highest BCUT2D eigenvalue weighted by Gasteiger charge is 2.24. The summed E-state index contributed by atoms with van der Waals surface area (Å²) in [5.74, 6) is 0.504. The van der Waals surface area contributed by atoms with E-state index in [4.69, 9.17) is 13.9 Å². The summed E-state index contributed by atoms with van der Waals surface area (Å²) in [5, 5.41) is 2.82. The first-order chi connectivity index (χ1) is 12.6. The van der Waals surface area contributed by atoms with Crippen molar-refractivity contribution in [3.05, 3.63) is 59.1 Å². The van der Waals surface area contributed by atoms with E-state index in [-0.39, 0.29) is 18.6 Å². The summed E-state index contributed by atoms with van der Waals surface area (Å²) < 4.78 is 18.0. The molecule has 1 aliphatic rings. The maximum atomic E-state index is 12.5. The number of carbonyl (C=O) groups is 1. The number of para-hydroxylation sites is 4. The SMILES string of the molecule is CC(C(=O)NCC1COc2ccccc2O1)n1c(=O)oc2ccccc21. The molecule has 2 atom stereocenters. The van der Waals surface area contributed by atoms with Crippen LogP contribution in [-0.4, -0.2) is 29.7 Å². The largest absolute Gasteiger partial charge is 0.486 e.